The van der Waals surface area contributed by atoms with E-state index in [1.807, 2.05) is 0 Å². The number of hydrogen-bond acceptors (Lipinski definition) is 2. The van der Waals surface area contributed by atoms with Crippen molar-refractivity contribution in [1.82, 2.24) is 4.98 Å². The van der Waals surface area contributed by atoms with E-state index in [1.165, 1.54) is 12.3 Å². The third-order valence-electron chi connectivity index (χ3n) is 1.40. The van der Waals surface area contributed by atoms with Gasteiger partial charge in [0, 0.05) is 6.20 Å². The topological polar surface area (TPSA) is 54.5 Å². The molecule has 0 aliphatic heterocycles. The second kappa shape index (κ2) is 3.01. The minimum atomic E-state index is -1.07. The van der Waals surface area contributed by atoms with Gasteiger partial charge in [0.15, 0.2) is 0 Å². The Morgan fingerprint density at radius 1 is 1.75 bits per heavy atom. The van der Waals surface area contributed by atoms with Gasteiger partial charge in [-0.3, -0.25) is 4.98 Å². The van der Waals surface area contributed by atoms with Crippen LogP contribution in [0.25, 0.3) is 4.85 Å². The van der Waals surface area contributed by atoms with Gasteiger partial charge in [0.25, 0.3) is 0 Å². The maximum absolute atomic E-state index is 10.5. The second-order valence-corrected chi connectivity index (χ2v) is 2.28. The molecule has 1 N–H and O–H groups in total. The molecule has 4 nitrogen and oxygen atoms in total. The number of hydrogen-bond donors (Lipinski definition) is 1. The lowest BCUT2D eigenvalue weighted by Gasteiger charge is -1.98. The lowest BCUT2D eigenvalue weighted by atomic mass is 10.2. The molecule has 1 aromatic heterocycles. The summed E-state index contributed by atoms with van der Waals surface area (Å²) in [6.07, 6.45) is 1.25. The molecule has 1 rings (SSSR count). The van der Waals surface area contributed by atoms with Gasteiger partial charge in [-0.2, -0.15) is 0 Å². The van der Waals surface area contributed by atoms with Crippen LogP contribution in [-0.2, 0) is 0 Å². The molecule has 0 aliphatic carbocycles. The zero-order chi connectivity index (χ0) is 9.14. The smallest absolute Gasteiger partial charge is 0.354 e. The van der Waals surface area contributed by atoms with Crippen LogP contribution in [0.2, 0.25) is 0 Å². The first-order valence-corrected chi connectivity index (χ1v) is 3.22. The number of carboxylic acids is 1. The number of aromatic carboxylic acids is 1. The molecule has 0 atom stereocenters. The number of aryl methyl sites for hydroxylation is 1. The number of carboxylic acid groups (broad SMARTS) is 1. The van der Waals surface area contributed by atoms with E-state index < -0.39 is 5.97 Å². The fourth-order valence-electron chi connectivity index (χ4n) is 0.845. The first-order valence-electron chi connectivity index (χ1n) is 3.22. The van der Waals surface area contributed by atoms with Crippen LogP contribution in [0.3, 0.4) is 0 Å². The number of aromatic nitrogens is 1. The molecule has 0 radical (unpaired) electrons. The van der Waals surface area contributed by atoms with Gasteiger partial charge in [0.1, 0.15) is 5.69 Å². The normalized spacial score (nSPS) is 9.00. The summed E-state index contributed by atoms with van der Waals surface area (Å²) in [6, 6.07) is 1.50. The number of pyridine rings is 1. The lowest BCUT2D eigenvalue weighted by molar-refractivity contribution is 0.0689. The highest BCUT2D eigenvalue weighted by Gasteiger charge is 2.08. The first-order chi connectivity index (χ1) is 5.65. The Morgan fingerprint density at radius 2 is 2.42 bits per heavy atom. The highest BCUT2D eigenvalue weighted by Crippen LogP contribution is 2.14. The third-order valence-corrected chi connectivity index (χ3v) is 1.40. The van der Waals surface area contributed by atoms with Gasteiger partial charge >= 0.3 is 5.97 Å². The molecule has 0 fully saturated rings. The Kier molecular flexibility index (Phi) is 2.06. The largest absolute Gasteiger partial charge is 0.477 e. The van der Waals surface area contributed by atoms with E-state index in [1.54, 1.807) is 6.92 Å². The minimum absolute atomic E-state index is 0.00222. The summed E-state index contributed by atoms with van der Waals surface area (Å²) in [5.41, 5.74) is 0.871. The van der Waals surface area contributed by atoms with E-state index >= 15 is 0 Å². The maximum atomic E-state index is 10.5. The summed E-state index contributed by atoms with van der Waals surface area (Å²) in [4.78, 5) is 17.2. The van der Waals surface area contributed by atoms with Crippen molar-refractivity contribution < 1.29 is 9.90 Å². The zero-order valence-corrected chi connectivity index (χ0v) is 6.40. The molecule has 0 saturated carbocycles. The van der Waals surface area contributed by atoms with Crippen molar-refractivity contribution in [3.63, 3.8) is 0 Å². The average Bonchev–Trinajstić information content (AvgIpc) is 2.03. The molecule has 60 valence electrons. The molecule has 0 aliphatic rings. The van der Waals surface area contributed by atoms with Crippen molar-refractivity contribution in [2.75, 3.05) is 0 Å². The standard InChI is InChI=1S/C8H6N2O2/c1-5-3-6(9-2)4-10-7(5)8(11)12/h3-4H,1H3,(H,11,12). The number of rotatable bonds is 1. The second-order valence-electron chi connectivity index (χ2n) is 2.28. The molecule has 12 heavy (non-hydrogen) atoms. The van der Waals surface area contributed by atoms with Crippen LogP contribution in [0, 0.1) is 13.5 Å². The Labute approximate surface area is 69.3 Å². The summed E-state index contributed by atoms with van der Waals surface area (Å²) in [7, 11) is 0. The summed E-state index contributed by atoms with van der Waals surface area (Å²) in [6.45, 7) is 8.27. The summed E-state index contributed by atoms with van der Waals surface area (Å²) >= 11 is 0. The summed E-state index contributed by atoms with van der Waals surface area (Å²) in [5.74, 6) is -1.07. The van der Waals surface area contributed by atoms with Gasteiger partial charge in [-0.1, -0.05) is 0 Å². The van der Waals surface area contributed by atoms with Crippen LogP contribution in [0.4, 0.5) is 5.69 Å². The van der Waals surface area contributed by atoms with Gasteiger partial charge in [-0.15, -0.1) is 0 Å². The zero-order valence-electron chi connectivity index (χ0n) is 6.40. The molecule has 0 amide bonds. The predicted molar refractivity (Wildman–Crippen MR) is 42.2 cm³/mol. The van der Waals surface area contributed by atoms with E-state index in [0.29, 0.717) is 11.3 Å². The fourth-order valence-corrected chi connectivity index (χ4v) is 0.845. The highest BCUT2D eigenvalue weighted by atomic mass is 16.4. The molecule has 0 bridgehead atoms. The fraction of sp³-hybridized carbons (Fsp3) is 0.125. The molecule has 0 spiro atoms. The third kappa shape index (κ3) is 1.40. The summed E-state index contributed by atoms with van der Waals surface area (Å²) in [5, 5.41) is 8.59. The molecule has 1 aromatic rings. The predicted octanol–water partition coefficient (Wildman–Crippen LogP) is 1.64. The van der Waals surface area contributed by atoms with Crippen LogP contribution >= 0.6 is 0 Å². The molecule has 0 saturated heterocycles. The molecular formula is C8H6N2O2. The van der Waals surface area contributed by atoms with Crippen molar-refractivity contribution >= 4 is 11.7 Å². The molecule has 0 aromatic carbocycles. The van der Waals surface area contributed by atoms with Crippen LogP contribution in [0.15, 0.2) is 12.3 Å². The minimum Gasteiger partial charge on any atom is -0.477 e. The number of carbonyl (C=O) groups is 1. The van der Waals surface area contributed by atoms with Gasteiger partial charge in [-0.05, 0) is 18.6 Å². The summed E-state index contributed by atoms with van der Waals surface area (Å²) < 4.78 is 0. The quantitative estimate of drug-likeness (QED) is 0.638. The van der Waals surface area contributed by atoms with E-state index in [4.69, 9.17) is 11.7 Å². The van der Waals surface area contributed by atoms with E-state index in [2.05, 4.69) is 9.83 Å². The molecule has 4 heteroatoms. The van der Waals surface area contributed by atoms with Crippen molar-refractivity contribution in [3.05, 3.63) is 34.9 Å². The van der Waals surface area contributed by atoms with Crippen LogP contribution in [0.1, 0.15) is 16.1 Å². The van der Waals surface area contributed by atoms with Gasteiger partial charge in [0.2, 0.25) is 5.69 Å². The van der Waals surface area contributed by atoms with Crippen molar-refractivity contribution in [2.45, 2.75) is 6.92 Å². The first kappa shape index (κ1) is 8.21. The molecule has 1 heterocycles. The SMILES string of the molecule is [C-]#[N+]c1cnc(C(=O)O)c(C)c1. The highest BCUT2D eigenvalue weighted by molar-refractivity contribution is 5.87. The van der Waals surface area contributed by atoms with Gasteiger partial charge < -0.3 is 5.11 Å². The molecule has 0 unspecified atom stereocenters. The Bertz CT molecular complexity index is 366. The van der Waals surface area contributed by atoms with Crippen LogP contribution in [0.5, 0.6) is 0 Å². The monoisotopic (exact) mass is 162 g/mol. The number of nitrogens with zero attached hydrogens (tertiary/aromatic N) is 2. The van der Waals surface area contributed by atoms with Gasteiger partial charge in [-0.25, -0.2) is 9.64 Å². The molecular weight excluding hydrogens is 156 g/mol. The van der Waals surface area contributed by atoms with Gasteiger partial charge in [0.05, 0.1) is 6.57 Å². The lowest BCUT2D eigenvalue weighted by Crippen LogP contribution is -2.02. The Balaban J connectivity index is 3.23. The van der Waals surface area contributed by atoms with Crippen LogP contribution in [-0.4, -0.2) is 16.1 Å². The Hall–Kier alpha value is -1.89. The van der Waals surface area contributed by atoms with Crippen molar-refractivity contribution in [1.29, 1.82) is 0 Å². The Morgan fingerprint density at radius 3 is 2.83 bits per heavy atom. The van der Waals surface area contributed by atoms with Crippen molar-refractivity contribution in [2.24, 2.45) is 0 Å². The van der Waals surface area contributed by atoms with E-state index in [-0.39, 0.29) is 5.69 Å². The average molecular weight is 162 g/mol. The maximum Gasteiger partial charge on any atom is 0.354 e. The van der Waals surface area contributed by atoms with E-state index in [9.17, 15) is 4.79 Å². The van der Waals surface area contributed by atoms with Crippen LogP contribution < -0.4 is 0 Å². The van der Waals surface area contributed by atoms with Crippen molar-refractivity contribution in [3.8, 4) is 0 Å². The van der Waals surface area contributed by atoms with E-state index in [0.717, 1.165) is 0 Å².